The number of aliphatic hydroxyl groups is 1. The number of carbonyl (C=O) groups is 1. The number of hydrogen-bond acceptors (Lipinski definition) is 11. The van der Waals surface area contributed by atoms with Gasteiger partial charge in [-0.1, -0.05) is 13.8 Å². The zero-order valence-electron chi connectivity index (χ0n) is 23.8. The number of nitro groups is 1. The third-order valence-electron chi connectivity index (χ3n) is 6.53. The smallest absolute Gasteiger partial charge is 0.287 e. The first-order valence-electron chi connectivity index (χ1n) is 13.4. The maximum absolute atomic E-state index is 13.1. The van der Waals surface area contributed by atoms with Crippen molar-refractivity contribution in [2.24, 2.45) is 11.8 Å². The Morgan fingerprint density at radius 3 is 2.55 bits per heavy atom. The lowest BCUT2D eigenvalue weighted by molar-refractivity contribution is -0.385. The molecule has 0 radical (unpaired) electrons. The number of pyridine rings is 1. The van der Waals surface area contributed by atoms with E-state index in [1.165, 1.54) is 31.4 Å². The second-order valence-corrected chi connectivity index (χ2v) is 11.7. The van der Waals surface area contributed by atoms with E-state index in [2.05, 4.69) is 15.6 Å². The molecular weight excluding hydrogens is 570 g/mol. The van der Waals surface area contributed by atoms with Gasteiger partial charge in [0.25, 0.3) is 11.6 Å². The molecule has 15 heteroatoms. The molecule has 1 amide bonds. The first-order valence-corrected chi connectivity index (χ1v) is 14.9. The number of anilines is 1. The molecule has 2 heterocycles. The third kappa shape index (κ3) is 9.11. The molecule has 2 aromatic rings. The van der Waals surface area contributed by atoms with E-state index >= 15 is 0 Å². The molecule has 42 heavy (non-hydrogen) atoms. The Morgan fingerprint density at radius 2 is 1.95 bits per heavy atom. The molecule has 0 fully saturated rings. The summed E-state index contributed by atoms with van der Waals surface area (Å²) in [7, 11) is -2.41. The van der Waals surface area contributed by atoms with Crippen molar-refractivity contribution in [1.82, 2.24) is 14.6 Å². The van der Waals surface area contributed by atoms with Crippen molar-refractivity contribution in [3.05, 3.63) is 64.5 Å². The van der Waals surface area contributed by atoms with Gasteiger partial charge in [-0.2, -0.15) is 4.31 Å². The fraction of sp³-hybridized carbons (Fsp3) is 0.481. The number of methoxy groups -OCH3 is 1. The normalized spacial score (nSPS) is 17.0. The topological polar surface area (TPSA) is 182 Å². The maximum atomic E-state index is 13.1. The predicted molar refractivity (Wildman–Crippen MR) is 153 cm³/mol. The molecular formula is C27H37N5O9S. The van der Waals surface area contributed by atoms with Gasteiger partial charge < -0.3 is 30.0 Å². The summed E-state index contributed by atoms with van der Waals surface area (Å²) in [6.07, 6.45) is 2.61. The highest BCUT2D eigenvalue weighted by Gasteiger charge is 2.30. The lowest BCUT2D eigenvalue weighted by Gasteiger charge is -2.31. The number of aliphatic hydroxyl groups excluding tert-OH is 1. The van der Waals surface area contributed by atoms with Gasteiger partial charge in [0.2, 0.25) is 16.3 Å². The molecule has 2 atom stereocenters. The zero-order chi connectivity index (χ0) is 30.7. The van der Waals surface area contributed by atoms with Crippen LogP contribution in [0.3, 0.4) is 0 Å². The number of sulfonamides is 1. The Morgan fingerprint density at radius 1 is 1.21 bits per heavy atom. The number of allylic oxidation sites excluding steroid dienone is 1. The third-order valence-corrected chi connectivity index (χ3v) is 8.45. The number of benzene rings is 1. The van der Waals surface area contributed by atoms with Crippen LogP contribution in [0.2, 0.25) is 0 Å². The van der Waals surface area contributed by atoms with Gasteiger partial charge in [-0.05, 0) is 48.2 Å². The van der Waals surface area contributed by atoms with E-state index in [1.54, 1.807) is 18.2 Å². The first kappa shape index (κ1) is 32.7. The van der Waals surface area contributed by atoms with Crippen LogP contribution < -0.4 is 15.4 Å². The van der Waals surface area contributed by atoms with Crippen LogP contribution in [-0.2, 0) is 24.3 Å². The van der Waals surface area contributed by atoms with Gasteiger partial charge >= 0.3 is 0 Å². The minimum absolute atomic E-state index is 0.0106. The SMILES string of the molecule is COc1ccc(S(=O)(=O)N(CCO)CCOC2CC(C(C)C)C=C(C(=O)NCCNc3ccc([N+](=O)[O-])cn3)O2)cc1. The summed E-state index contributed by atoms with van der Waals surface area (Å²) in [6, 6.07) is 8.77. The number of nitrogens with zero attached hydrogens (tertiary/aromatic N) is 3. The van der Waals surface area contributed by atoms with Crippen molar-refractivity contribution >= 4 is 27.4 Å². The Labute approximate surface area is 244 Å². The summed E-state index contributed by atoms with van der Waals surface area (Å²) in [6.45, 7) is 4.05. The number of nitrogens with one attached hydrogen (secondary N) is 2. The fourth-order valence-corrected chi connectivity index (χ4v) is 5.52. The van der Waals surface area contributed by atoms with Crippen LogP contribution in [0.4, 0.5) is 11.5 Å². The standard InChI is InChI=1S/C27H37N5O9S/c1-19(2)20-16-24(27(34)29-11-10-28-25-9-4-21(18-30-25)32(35)36)41-26(17-20)40-15-13-31(12-14-33)42(37,38)23-7-5-22(39-3)6-8-23/h4-9,16,18-20,26,33H,10-15,17H2,1-3H3,(H,28,30)(H,29,34). The van der Waals surface area contributed by atoms with Crippen molar-refractivity contribution in [3.8, 4) is 5.75 Å². The molecule has 1 aromatic heterocycles. The van der Waals surface area contributed by atoms with Crippen molar-refractivity contribution < 1.29 is 37.5 Å². The Bertz CT molecular complexity index is 1320. The number of aromatic nitrogens is 1. The van der Waals surface area contributed by atoms with Crippen LogP contribution >= 0.6 is 0 Å². The summed E-state index contributed by atoms with van der Waals surface area (Å²) in [5, 5.41) is 26.0. The van der Waals surface area contributed by atoms with Crippen LogP contribution in [0.25, 0.3) is 0 Å². The number of hydrogen-bond donors (Lipinski definition) is 3. The fourth-order valence-electron chi connectivity index (χ4n) is 4.11. The molecule has 3 N–H and O–H groups in total. The number of ether oxygens (including phenoxy) is 3. The average molecular weight is 608 g/mol. The van der Waals surface area contributed by atoms with Gasteiger partial charge in [-0.25, -0.2) is 13.4 Å². The number of carbonyl (C=O) groups excluding carboxylic acids is 1. The molecule has 14 nitrogen and oxygen atoms in total. The molecule has 2 unspecified atom stereocenters. The molecule has 230 valence electrons. The molecule has 0 spiro atoms. The second-order valence-electron chi connectivity index (χ2n) is 9.74. The minimum Gasteiger partial charge on any atom is -0.497 e. The predicted octanol–water partition coefficient (Wildman–Crippen LogP) is 2.13. The summed E-state index contributed by atoms with van der Waals surface area (Å²) < 4.78 is 44.2. The largest absolute Gasteiger partial charge is 0.497 e. The van der Waals surface area contributed by atoms with Gasteiger partial charge in [-0.15, -0.1) is 0 Å². The second kappa shape index (κ2) is 15.4. The van der Waals surface area contributed by atoms with E-state index in [-0.39, 0.29) is 61.0 Å². The van der Waals surface area contributed by atoms with Crippen LogP contribution in [-0.4, -0.2) is 86.4 Å². The summed E-state index contributed by atoms with van der Waals surface area (Å²) in [5.41, 5.74) is -0.119. The molecule has 3 rings (SSSR count). The summed E-state index contributed by atoms with van der Waals surface area (Å²) >= 11 is 0. The quantitative estimate of drug-likeness (QED) is 0.144. The van der Waals surface area contributed by atoms with Crippen LogP contribution in [0.15, 0.2) is 59.3 Å². The van der Waals surface area contributed by atoms with E-state index < -0.39 is 27.1 Å². The van der Waals surface area contributed by atoms with Crippen LogP contribution in [0.1, 0.15) is 20.3 Å². The Hall–Kier alpha value is -3.79. The molecule has 1 aliphatic heterocycles. The van der Waals surface area contributed by atoms with E-state index in [4.69, 9.17) is 14.2 Å². The van der Waals surface area contributed by atoms with Gasteiger partial charge in [-0.3, -0.25) is 14.9 Å². The highest BCUT2D eigenvalue weighted by Crippen LogP contribution is 2.29. The van der Waals surface area contributed by atoms with Gasteiger partial charge in [0.05, 0.1) is 30.1 Å². The van der Waals surface area contributed by atoms with Crippen molar-refractivity contribution in [2.75, 3.05) is 51.8 Å². The van der Waals surface area contributed by atoms with Gasteiger partial charge in [0.1, 0.15) is 17.8 Å². The monoisotopic (exact) mass is 607 g/mol. The summed E-state index contributed by atoms with van der Waals surface area (Å²) in [5.74, 6) is 0.807. The first-order chi connectivity index (χ1) is 20.0. The lowest BCUT2D eigenvalue weighted by atomic mass is 9.90. The van der Waals surface area contributed by atoms with Crippen LogP contribution in [0.5, 0.6) is 5.75 Å². The van der Waals surface area contributed by atoms with Gasteiger partial charge in [0.15, 0.2) is 5.76 Å². The molecule has 0 aliphatic carbocycles. The van der Waals surface area contributed by atoms with E-state index in [1.807, 2.05) is 13.8 Å². The Balaban J connectivity index is 1.54. The average Bonchev–Trinajstić information content (AvgIpc) is 2.98. The molecule has 0 saturated carbocycles. The molecule has 0 bridgehead atoms. The van der Waals surface area contributed by atoms with Crippen molar-refractivity contribution in [3.63, 3.8) is 0 Å². The summed E-state index contributed by atoms with van der Waals surface area (Å²) in [4.78, 5) is 27.1. The van der Waals surface area contributed by atoms with Crippen molar-refractivity contribution in [2.45, 2.75) is 31.5 Å². The van der Waals surface area contributed by atoms with E-state index in [0.717, 1.165) is 10.5 Å². The molecule has 1 aromatic carbocycles. The Kier molecular flexibility index (Phi) is 12.0. The maximum Gasteiger partial charge on any atom is 0.287 e. The molecule has 0 saturated heterocycles. The number of rotatable bonds is 16. The highest BCUT2D eigenvalue weighted by molar-refractivity contribution is 7.89. The molecule has 1 aliphatic rings. The van der Waals surface area contributed by atoms with Crippen molar-refractivity contribution in [1.29, 1.82) is 0 Å². The van der Waals surface area contributed by atoms with E-state index in [9.17, 15) is 28.4 Å². The zero-order valence-corrected chi connectivity index (χ0v) is 24.6. The lowest BCUT2D eigenvalue weighted by Crippen LogP contribution is -2.39. The van der Waals surface area contributed by atoms with Crippen LogP contribution in [0, 0.1) is 22.0 Å². The number of amides is 1. The minimum atomic E-state index is -3.90. The van der Waals surface area contributed by atoms with E-state index in [0.29, 0.717) is 24.5 Å². The van der Waals surface area contributed by atoms with Gasteiger partial charge in [0, 0.05) is 38.7 Å². The highest BCUT2D eigenvalue weighted by atomic mass is 32.2.